The van der Waals surface area contributed by atoms with Gasteiger partial charge in [0.15, 0.2) is 11.6 Å². The minimum Gasteiger partial charge on any atom is -0.446 e. The van der Waals surface area contributed by atoms with E-state index in [1.807, 2.05) is 13.8 Å². The molecule has 4 saturated heterocycles. The number of carbonyl (C=O) groups excluding carboxylic acids is 19. The standard InChI is InChI=1S/C38H66N8O10S4.C33H49N5O14.C7H14N2OS2.C2H6.3H2/c1-37(2,3)55-35(53)43-19-13-29(49)45(21-15-27(47)41-17-9-7-11-25(31(39)51)33-57-58-33)23-24-46(30(50)14-20-44-36(54)56-38(4,5)6)22-16-28(48)42-18-10-8-12-26(32(40)52)34-59-60-34;1-32(2,3)50-30(47)34-15-11-23(41)36(17-13-27(45)49-29-21(39)7-8-22(29)40)19-20-37(24(42)12-16-35-31(48)51-33(4,5)6)18-14-28(46)52-38-25(43)9-10-26(38)44;8-4-2-1-3-5(6(9)10)7-11-12-7;1-2;;;/h25-26,33-34H,7-24H2,1-6H3,(H2,39,51)(H2,40,52)(H,41,47)(H,42,48)(H,43,53)(H,44,54);29H,7-20H2,1-6H3,(H,34,47)(H,35,48);5,7H,1-4,8H2,(H2,9,10);1-2H3;3*1H/t25-,26-;;5-;;;;/m0.0..../s1. The van der Waals surface area contributed by atoms with Crippen molar-refractivity contribution < 1.29 is 124 Å². The van der Waals surface area contributed by atoms with E-state index in [1.54, 1.807) is 148 Å². The van der Waals surface area contributed by atoms with Crippen molar-refractivity contribution in [1.29, 1.82) is 0 Å². The van der Waals surface area contributed by atoms with Crippen LogP contribution in [-0.4, -0.2) is 278 Å². The van der Waals surface area contributed by atoms with Gasteiger partial charge in [0.2, 0.25) is 59.3 Å². The Balaban J connectivity index is 0. The molecule has 0 unspecified atom stereocenters. The van der Waals surface area contributed by atoms with Gasteiger partial charge < -0.3 is 103 Å². The highest BCUT2D eigenvalue weighted by atomic mass is 33.2. The first-order chi connectivity index (χ1) is 59.0. The van der Waals surface area contributed by atoms with Crippen molar-refractivity contribution in [2.75, 3.05) is 98.2 Å². The maximum Gasteiger partial charge on any atom is 0.407 e. The lowest BCUT2D eigenvalue weighted by Gasteiger charge is -2.28. The van der Waals surface area contributed by atoms with Crippen LogP contribution >= 0.6 is 64.8 Å². The van der Waals surface area contributed by atoms with Crippen LogP contribution in [0.15, 0.2) is 0 Å². The molecule has 0 radical (unpaired) electrons. The molecule has 0 bridgehead atoms. The summed E-state index contributed by atoms with van der Waals surface area (Å²) in [6.07, 6.45) is 0.605. The molecule has 5 aliphatic rings. The van der Waals surface area contributed by atoms with Crippen molar-refractivity contribution in [1.82, 2.24) is 56.6 Å². The van der Waals surface area contributed by atoms with Gasteiger partial charge >= 0.3 is 36.3 Å². The molecule has 722 valence electrons. The van der Waals surface area contributed by atoms with E-state index >= 15 is 0 Å². The number of alkyl carbamates (subject to hydrolysis) is 4. The van der Waals surface area contributed by atoms with Crippen molar-refractivity contribution in [2.45, 2.75) is 274 Å². The number of rotatable bonds is 52. The minimum atomic E-state index is -1.50. The number of unbranched alkanes of at least 4 members (excludes halogenated alkanes) is 3. The van der Waals surface area contributed by atoms with Crippen LogP contribution in [0.25, 0.3) is 0 Å². The number of ketones is 2. The molecule has 5 rings (SSSR count). The van der Waals surface area contributed by atoms with Crippen LogP contribution in [0.3, 0.4) is 0 Å². The summed E-state index contributed by atoms with van der Waals surface area (Å²) in [7, 11) is 10.0. The highest BCUT2D eigenvalue weighted by Gasteiger charge is 2.41. The Bertz CT molecular complexity index is 3410. The Labute approximate surface area is 766 Å². The highest BCUT2D eigenvalue weighted by molar-refractivity contribution is 8.93. The second-order valence-corrected chi connectivity index (χ2v) is 41.8. The summed E-state index contributed by atoms with van der Waals surface area (Å²) in [5, 5.41) is 16.1. The van der Waals surface area contributed by atoms with Crippen LogP contribution in [0.1, 0.15) is 236 Å². The van der Waals surface area contributed by atoms with E-state index in [2.05, 4.69) is 31.9 Å². The van der Waals surface area contributed by atoms with Gasteiger partial charge in [0.25, 0.3) is 11.8 Å². The van der Waals surface area contributed by atoms with Crippen LogP contribution in [-0.2, 0) is 100 Å². The molecule has 14 N–H and O–H groups in total. The maximum absolute atomic E-state index is 13.5. The number of nitrogens with zero attached hydrogens (tertiary/aromatic N) is 5. The second-order valence-electron chi connectivity index (χ2n) is 33.3. The number of esters is 1. The van der Waals surface area contributed by atoms with E-state index in [0.29, 0.717) is 67.8 Å². The van der Waals surface area contributed by atoms with Crippen LogP contribution in [0.2, 0.25) is 0 Å². The first kappa shape index (κ1) is 114. The Hall–Kier alpha value is -8.21. The number of amides is 15. The number of primary amides is 3. The molecule has 0 aromatic heterocycles. The number of carbonyl (C=O) groups is 19. The molecule has 4 heterocycles. The largest absolute Gasteiger partial charge is 0.446 e. The molecule has 0 aromatic carbocycles. The Kier molecular flexibility index (Phi) is 53.4. The fraction of sp³-hybridized carbons (Fsp3) is 0.762. The molecule has 4 aliphatic heterocycles. The summed E-state index contributed by atoms with van der Waals surface area (Å²) < 4.78 is 26.7. The summed E-state index contributed by atoms with van der Waals surface area (Å²) in [5.74, 6) is -7.87. The number of imide groups is 1. The summed E-state index contributed by atoms with van der Waals surface area (Å²) >= 11 is 0. The zero-order valence-electron chi connectivity index (χ0n) is 75.2. The van der Waals surface area contributed by atoms with Gasteiger partial charge in [-0.1, -0.05) is 97.9 Å². The molecule has 15 amide bonds. The first-order valence-corrected chi connectivity index (χ1v) is 49.3. The van der Waals surface area contributed by atoms with Crippen molar-refractivity contribution in [3.8, 4) is 0 Å². The zero-order chi connectivity index (χ0) is 95.1. The second kappa shape index (κ2) is 59.1. The lowest BCUT2D eigenvalue weighted by molar-refractivity contribution is -0.197. The molecule has 5 fully saturated rings. The molecular weight excluding hydrogens is 1760 g/mol. The van der Waals surface area contributed by atoms with E-state index in [0.717, 1.165) is 19.3 Å². The summed E-state index contributed by atoms with van der Waals surface area (Å²) in [5.41, 5.74) is 18.6. The average molecular weight is 1910 g/mol. The Morgan fingerprint density at radius 2 is 0.643 bits per heavy atom. The summed E-state index contributed by atoms with van der Waals surface area (Å²) in [6.45, 7) is 24.6. The van der Waals surface area contributed by atoms with Gasteiger partial charge in [-0.15, -0.1) is 5.06 Å². The maximum atomic E-state index is 13.5. The van der Waals surface area contributed by atoms with Crippen molar-refractivity contribution in [3.05, 3.63) is 0 Å². The van der Waals surface area contributed by atoms with Gasteiger partial charge in [0, 0.05) is 160 Å². The fourth-order valence-corrected chi connectivity index (χ4v) is 17.1. The van der Waals surface area contributed by atoms with Gasteiger partial charge in [-0.3, -0.25) is 67.1 Å². The van der Waals surface area contributed by atoms with Crippen LogP contribution in [0, 0.1) is 17.8 Å². The number of nitrogens with two attached hydrogens (primary N) is 4. The predicted octanol–water partition coefficient (Wildman–Crippen LogP) is 6.88. The van der Waals surface area contributed by atoms with Crippen LogP contribution in [0.5, 0.6) is 0 Å². The highest BCUT2D eigenvalue weighted by Crippen LogP contribution is 2.59. The molecule has 3 atom stereocenters. The van der Waals surface area contributed by atoms with E-state index < -0.39 is 113 Å². The first-order valence-electron chi connectivity index (χ1n) is 42.4. The smallest absolute Gasteiger partial charge is 0.407 e. The number of nitrogens with one attached hydrogen (secondary N) is 6. The predicted molar refractivity (Wildman–Crippen MR) is 486 cm³/mol. The lowest BCUT2D eigenvalue weighted by Crippen LogP contribution is -2.45. The Morgan fingerprint density at radius 3 is 0.905 bits per heavy atom. The Morgan fingerprint density at radius 1 is 0.373 bits per heavy atom. The van der Waals surface area contributed by atoms with Crippen molar-refractivity contribution in [3.63, 3.8) is 0 Å². The van der Waals surface area contributed by atoms with E-state index in [9.17, 15) is 91.1 Å². The molecule has 46 heteroatoms. The monoisotopic (exact) mass is 1900 g/mol. The molecule has 0 aromatic rings. The van der Waals surface area contributed by atoms with Gasteiger partial charge in [-0.05, 0) is 128 Å². The van der Waals surface area contributed by atoms with Gasteiger partial charge in [0.1, 0.15) is 22.4 Å². The normalized spacial score (nSPS) is 15.1. The van der Waals surface area contributed by atoms with Crippen molar-refractivity contribution >= 4 is 178 Å². The molecule has 40 nitrogen and oxygen atoms in total. The fourth-order valence-electron chi connectivity index (χ4n) is 11.5. The number of hydrogen-bond donors (Lipinski definition) is 10. The average Bonchev–Trinajstić information content (AvgIpc) is 1.76. The van der Waals surface area contributed by atoms with E-state index in [1.165, 1.54) is 19.6 Å². The topological polar surface area (TPSA) is 572 Å². The molecule has 0 spiro atoms. The van der Waals surface area contributed by atoms with Crippen LogP contribution < -0.4 is 54.8 Å². The quantitative estimate of drug-likeness (QED) is 0.00564. The zero-order valence-corrected chi connectivity index (χ0v) is 80.1. The van der Waals surface area contributed by atoms with Gasteiger partial charge in [-0.2, -0.15) is 0 Å². The number of Topliss-reactive ketones (excluding diaryl/α,β-unsaturated/α-hetero) is 2. The van der Waals surface area contributed by atoms with Crippen molar-refractivity contribution in [2.24, 2.45) is 40.7 Å². The third kappa shape index (κ3) is 52.9. The summed E-state index contributed by atoms with van der Waals surface area (Å²) in [4.78, 5) is 245. The lowest BCUT2D eigenvalue weighted by atomic mass is 10.0. The third-order valence-electron chi connectivity index (χ3n) is 18.0. The molecule has 1 saturated carbocycles. The molecule has 1 aliphatic carbocycles. The number of ether oxygens (including phenoxy) is 5. The molecular formula is C80H141N15O25S6. The number of hydroxylamine groups is 2. The summed E-state index contributed by atoms with van der Waals surface area (Å²) in [6, 6.07) is 0. The third-order valence-corrected chi connectivity index (χ3v) is 24.9. The molecule has 126 heavy (non-hydrogen) atoms. The minimum absolute atomic E-state index is 0. The van der Waals surface area contributed by atoms with Crippen LogP contribution in [0.4, 0.5) is 19.2 Å². The van der Waals surface area contributed by atoms with E-state index in [-0.39, 0.29) is 215 Å². The van der Waals surface area contributed by atoms with E-state index in [4.69, 9.17) is 51.5 Å². The SMILES string of the molecule is CC.CC(C)(C)OC(=O)NCCC(=O)N(CCC(=O)NCCCC[C@@H](C(N)=O)C1SS1)CCN(CCC(=O)NCCCC[C@@H](C(N)=O)C1SS1)C(=O)CCNC(=O)OC(C)(C)C.CC(C)(C)OC(=O)NCCC(=O)N(CCC(=O)OC1C(=O)CCC1=O)CCN(CCC(=O)ON1C(=O)CCC1=O)C(=O)CCNC(=O)OC(C)(C)C.NCCCC[C@@H](C(N)=O)C1SS1.[HH].[HH].[HH]. The number of hydrogen-bond acceptors (Lipinski definition) is 32. The van der Waals surface area contributed by atoms with Gasteiger partial charge in [-0.25, -0.2) is 24.0 Å². The van der Waals surface area contributed by atoms with Gasteiger partial charge in [0.05, 0.1) is 44.3 Å².